The lowest BCUT2D eigenvalue weighted by Gasteiger charge is -2.34. The molecule has 1 aromatic heterocycles. The first-order chi connectivity index (χ1) is 13.0. The molecule has 0 saturated carbocycles. The number of amides is 3. The zero-order valence-corrected chi connectivity index (χ0v) is 15.6. The van der Waals surface area contributed by atoms with Crippen LogP contribution in [0.2, 0.25) is 0 Å². The maximum atomic E-state index is 13.8. The number of hydrogen-bond acceptors (Lipinski definition) is 3. The van der Waals surface area contributed by atoms with E-state index in [2.05, 4.69) is 15.5 Å². The minimum Gasteiger partial charge on any atom is -0.338 e. The van der Waals surface area contributed by atoms with Gasteiger partial charge in [-0.05, 0) is 31.9 Å². The molecule has 1 aromatic carbocycles. The number of carbonyl (C=O) groups excluding carboxylic acids is 2. The molecule has 2 N–H and O–H groups in total. The lowest BCUT2D eigenvalue weighted by atomic mass is 10.1. The van der Waals surface area contributed by atoms with Crippen molar-refractivity contribution in [1.29, 1.82) is 0 Å². The van der Waals surface area contributed by atoms with Gasteiger partial charge >= 0.3 is 6.03 Å². The van der Waals surface area contributed by atoms with Gasteiger partial charge in [0.1, 0.15) is 12.4 Å². The van der Waals surface area contributed by atoms with Gasteiger partial charge in [0.25, 0.3) is 0 Å². The number of rotatable bonds is 5. The van der Waals surface area contributed by atoms with Gasteiger partial charge in [-0.25, -0.2) is 9.18 Å². The monoisotopic (exact) mass is 373 g/mol. The summed E-state index contributed by atoms with van der Waals surface area (Å²) in [7, 11) is 0. The third kappa shape index (κ3) is 4.45. The molecule has 0 bridgehead atoms. The van der Waals surface area contributed by atoms with E-state index in [-0.39, 0.29) is 30.8 Å². The Kier molecular flexibility index (Phi) is 5.73. The van der Waals surface area contributed by atoms with Crippen LogP contribution in [-0.4, -0.2) is 58.1 Å². The zero-order valence-electron chi connectivity index (χ0n) is 15.6. The van der Waals surface area contributed by atoms with Crippen LogP contribution in [0, 0.1) is 19.7 Å². The van der Waals surface area contributed by atoms with Crippen molar-refractivity contribution in [2.75, 3.05) is 26.2 Å². The van der Waals surface area contributed by atoms with Crippen molar-refractivity contribution in [2.24, 2.45) is 0 Å². The Morgan fingerprint density at radius 2 is 2.07 bits per heavy atom. The average molecular weight is 373 g/mol. The molecule has 144 valence electrons. The molecule has 0 aliphatic carbocycles. The van der Waals surface area contributed by atoms with E-state index in [1.807, 2.05) is 13.8 Å². The third-order valence-electron chi connectivity index (χ3n) is 4.86. The van der Waals surface area contributed by atoms with Crippen molar-refractivity contribution < 1.29 is 14.0 Å². The maximum Gasteiger partial charge on any atom is 0.317 e. The largest absolute Gasteiger partial charge is 0.338 e. The molecule has 0 radical (unpaired) electrons. The topological polar surface area (TPSA) is 81.3 Å². The fraction of sp³-hybridized carbons (Fsp3) is 0.421. The molecule has 1 saturated heterocycles. The normalized spacial score (nSPS) is 14.6. The van der Waals surface area contributed by atoms with Crippen molar-refractivity contribution in [3.8, 4) is 0 Å². The van der Waals surface area contributed by atoms with Gasteiger partial charge in [-0.2, -0.15) is 5.10 Å². The number of urea groups is 1. The van der Waals surface area contributed by atoms with Crippen molar-refractivity contribution in [3.63, 3.8) is 0 Å². The first-order valence-electron chi connectivity index (χ1n) is 9.00. The lowest BCUT2D eigenvalue weighted by molar-refractivity contribution is -0.135. The summed E-state index contributed by atoms with van der Waals surface area (Å²) in [6, 6.07) is 6.16. The highest BCUT2D eigenvalue weighted by Gasteiger charge is 2.27. The number of aryl methyl sites for hydroxylation is 2. The quantitative estimate of drug-likeness (QED) is 0.838. The molecule has 2 heterocycles. The molecule has 1 fully saturated rings. The van der Waals surface area contributed by atoms with Gasteiger partial charge in [-0.15, -0.1) is 0 Å². The summed E-state index contributed by atoms with van der Waals surface area (Å²) in [5, 5.41) is 9.91. The van der Waals surface area contributed by atoms with Crippen LogP contribution in [-0.2, 0) is 17.8 Å². The molecule has 3 amide bonds. The van der Waals surface area contributed by atoms with Crippen LogP contribution in [0.4, 0.5) is 9.18 Å². The maximum absolute atomic E-state index is 13.8. The van der Waals surface area contributed by atoms with Crippen LogP contribution in [0.3, 0.4) is 0 Å². The highest BCUT2D eigenvalue weighted by Crippen LogP contribution is 2.13. The van der Waals surface area contributed by atoms with Gasteiger partial charge in [-0.1, -0.05) is 18.2 Å². The molecule has 0 unspecified atom stereocenters. The predicted molar refractivity (Wildman–Crippen MR) is 98.6 cm³/mol. The summed E-state index contributed by atoms with van der Waals surface area (Å²) in [6.45, 7) is 5.39. The molecule has 7 nitrogen and oxygen atoms in total. The summed E-state index contributed by atoms with van der Waals surface area (Å²) in [5.41, 5.74) is 3.51. The number of halogens is 1. The fourth-order valence-electron chi connectivity index (χ4n) is 3.23. The molecule has 8 heteroatoms. The Morgan fingerprint density at radius 3 is 2.74 bits per heavy atom. The molecule has 2 aromatic rings. The second-order valence-electron chi connectivity index (χ2n) is 6.72. The highest BCUT2D eigenvalue weighted by molar-refractivity contribution is 5.85. The van der Waals surface area contributed by atoms with Crippen LogP contribution in [0.15, 0.2) is 24.3 Å². The lowest BCUT2D eigenvalue weighted by Crippen LogP contribution is -2.54. The van der Waals surface area contributed by atoms with Crippen LogP contribution in [0.25, 0.3) is 0 Å². The minimum absolute atomic E-state index is 0.00402. The number of nitrogens with one attached hydrogen (secondary N) is 2. The second kappa shape index (κ2) is 8.20. The van der Waals surface area contributed by atoms with E-state index in [0.29, 0.717) is 31.6 Å². The Balaban J connectivity index is 1.48. The van der Waals surface area contributed by atoms with E-state index >= 15 is 0 Å². The van der Waals surface area contributed by atoms with Crippen LogP contribution < -0.4 is 5.32 Å². The Morgan fingerprint density at radius 1 is 1.30 bits per heavy atom. The molecular formula is C19H24FN5O2. The number of piperazine rings is 1. The number of carbonyl (C=O) groups is 2. The smallest absolute Gasteiger partial charge is 0.317 e. The van der Waals surface area contributed by atoms with Gasteiger partial charge in [-0.3, -0.25) is 9.89 Å². The fourth-order valence-corrected chi connectivity index (χ4v) is 3.23. The summed E-state index contributed by atoms with van der Waals surface area (Å²) in [6.07, 6.45) is 0.682. The molecule has 0 atom stereocenters. The summed E-state index contributed by atoms with van der Waals surface area (Å²) < 4.78 is 13.8. The number of nitrogens with zero attached hydrogens (tertiary/aromatic N) is 3. The minimum atomic E-state index is -0.324. The van der Waals surface area contributed by atoms with Crippen LogP contribution in [0.1, 0.15) is 22.5 Å². The summed E-state index contributed by atoms with van der Waals surface area (Å²) >= 11 is 0. The number of benzene rings is 1. The molecule has 3 rings (SSSR count). The second-order valence-corrected chi connectivity index (χ2v) is 6.72. The van der Waals surface area contributed by atoms with E-state index in [4.69, 9.17) is 0 Å². The SMILES string of the molecule is Cc1n[nH]c(C)c1CCNC(=O)N1CCN(Cc2ccccc2F)C(=O)C1. The number of H-pyrrole nitrogens is 1. The third-order valence-corrected chi connectivity index (χ3v) is 4.86. The standard InChI is InChI=1S/C19H24FN5O2/c1-13-16(14(2)23-22-13)7-8-21-19(27)25-10-9-24(18(26)12-25)11-15-5-3-4-6-17(15)20/h3-6H,7-12H2,1-2H3,(H,21,27)(H,22,23). The van der Waals surface area contributed by atoms with Crippen molar-refractivity contribution in [1.82, 2.24) is 25.3 Å². The van der Waals surface area contributed by atoms with Gasteiger partial charge in [0, 0.05) is 37.4 Å². The zero-order chi connectivity index (χ0) is 19.4. The average Bonchev–Trinajstić information content (AvgIpc) is 2.97. The van der Waals surface area contributed by atoms with Gasteiger partial charge in [0.05, 0.1) is 5.69 Å². The van der Waals surface area contributed by atoms with Gasteiger partial charge < -0.3 is 15.1 Å². The van der Waals surface area contributed by atoms with E-state index < -0.39 is 0 Å². The van der Waals surface area contributed by atoms with Crippen molar-refractivity contribution >= 4 is 11.9 Å². The van der Waals surface area contributed by atoms with E-state index in [1.54, 1.807) is 23.1 Å². The van der Waals surface area contributed by atoms with Crippen LogP contribution >= 0.6 is 0 Å². The van der Waals surface area contributed by atoms with Crippen molar-refractivity contribution in [3.05, 3.63) is 52.6 Å². The van der Waals surface area contributed by atoms with Crippen LogP contribution in [0.5, 0.6) is 0 Å². The molecule has 1 aliphatic rings. The molecule has 27 heavy (non-hydrogen) atoms. The molecular weight excluding hydrogens is 349 g/mol. The first-order valence-corrected chi connectivity index (χ1v) is 9.00. The molecule has 0 spiro atoms. The van der Waals surface area contributed by atoms with E-state index in [9.17, 15) is 14.0 Å². The Hall–Kier alpha value is -2.90. The number of aromatic nitrogens is 2. The van der Waals surface area contributed by atoms with E-state index in [0.717, 1.165) is 17.0 Å². The number of hydrogen-bond donors (Lipinski definition) is 2. The highest BCUT2D eigenvalue weighted by atomic mass is 19.1. The van der Waals surface area contributed by atoms with Gasteiger partial charge in [0.15, 0.2) is 0 Å². The predicted octanol–water partition coefficient (Wildman–Crippen LogP) is 1.76. The van der Waals surface area contributed by atoms with E-state index in [1.165, 1.54) is 11.0 Å². The Bertz CT molecular complexity index is 816. The Labute approximate surface area is 157 Å². The number of aromatic amines is 1. The van der Waals surface area contributed by atoms with Crippen molar-refractivity contribution in [2.45, 2.75) is 26.8 Å². The summed E-state index contributed by atoms with van der Waals surface area (Å²) in [5.74, 6) is -0.503. The molecule has 1 aliphatic heterocycles. The van der Waals surface area contributed by atoms with Gasteiger partial charge in [0.2, 0.25) is 5.91 Å². The first kappa shape index (κ1) is 18.9. The summed E-state index contributed by atoms with van der Waals surface area (Å²) in [4.78, 5) is 27.7.